The van der Waals surface area contributed by atoms with Crippen LogP contribution in [0.2, 0.25) is 0 Å². The molecule has 2 aromatic rings. The molecule has 2 heteroatoms. The Kier molecular flexibility index (Phi) is 3.77. The van der Waals surface area contributed by atoms with Crippen LogP contribution in [-0.2, 0) is 5.32 Å². The summed E-state index contributed by atoms with van der Waals surface area (Å²) in [6.45, 7) is 0. The van der Waals surface area contributed by atoms with Crippen molar-refractivity contribution in [2.45, 2.75) is 5.32 Å². The Balaban J connectivity index is 2.09. The predicted octanol–water partition coefficient (Wildman–Crippen LogP) is 2.09. The predicted molar refractivity (Wildman–Crippen MR) is 66.7 cm³/mol. The van der Waals surface area contributed by atoms with Crippen LogP contribution in [-0.4, -0.2) is 15.0 Å². The third-order valence-electron chi connectivity index (χ3n) is 2.24. The van der Waals surface area contributed by atoms with E-state index in [-0.39, 0.29) is 0 Å². The van der Waals surface area contributed by atoms with Crippen molar-refractivity contribution < 1.29 is 0 Å². The van der Waals surface area contributed by atoms with Crippen molar-refractivity contribution in [1.29, 1.82) is 5.26 Å². The minimum absolute atomic E-state index is 0.341. The first kappa shape index (κ1) is 11.0. The fourth-order valence-electron chi connectivity index (χ4n) is 1.42. The zero-order valence-electron chi connectivity index (χ0n) is 8.76. The number of hydrogen-bond acceptors (Lipinski definition) is 1. The molecule has 0 aliphatic rings. The molecule has 0 radical (unpaired) electrons. The second kappa shape index (κ2) is 5.51. The van der Waals surface area contributed by atoms with Crippen LogP contribution in [0.15, 0.2) is 54.6 Å². The van der Waals surface area contributed by atoms with Gasteiger partial charge < -0.3 is 0 Å². The fourth-order valence-corrected chi connectivity index (χ4v) is 3.43. The van der Waals surface area contributed by atoms with Gasteiger partial charge in [-0.1, -0.05) is 0 Å². The number of nitrogens with zero attached hydrogens (tertiary/aromatic N) is 1. The summed E-state index contributed by atoms with van der Waals surface area (Å²) in [5.41, 5.74) is 2.16. The fraction of sp³-hybridized carbons (Fsp3) is 0.0714. The van der Waals surface area contributed by atoms with Gasteiger partial charge in [-0.25, -0.2) is 0 Å². The third-order valence-corrected chi connectivity index (χ3v) is 4.65. The van der Waals surface area contributed by atoms with E-state index in [4.69, 9.17) is 5.26 Å². The van der Waals surface area contributed by atoms with E-state index in [1.54, 1.807) is 0 Å². The summed E-state index contributed by atoms with van der Waals surface area (Å²) >= 11 is 0.341. The van der Waals surface area contributed by atoms with Crippen LogP contribution in [0.25, 0.3) is 0 Å². The van der Waals surface area contributed by atoms with Gasteiger partial charge in [-0.3, -0.25) is 0 Å². The van der Waals surface area contributed by atoms with Crippen molar-refractivity contribution >= 4 is 19.4 Å². The van der Waals surface area contributed by atoms with E-state index < -0.39 is 0 Å². The summed E-state index contributed by atoms with van der Waals surface area (Å²) in [7, 11) is 0. The average Bonchev–Trinajstić information content (AvgIpc) is 2.38. The molecule has 0 aliphatic heterocycles. The normalized spacial score (nSPS) is 9.69. The summed E-state index contributed by atoms with van der Waals surface area (Å²) in [5, 5.41) is 10.0. The van der Waals surface area contributed by atoms with Crippen molar-refractivity contribution in [2.75, 3.05) is 0 Å². The number of hydrogen-bond donors (Lipinski definition) is 0. The standard InChI is InChI=1S/C14H11NSe/c15-10-13-8-4-5-9-14(13)16-11-12-6-2-1-3-7-12/h1-9H,11H2. The van der Waals surface area contributed by atoms with Gasteiger partial charge in [-0.15, -0.1) is 0 Å². The molecule has 0 aliphatic carbocycles. The Hall–Kier alpha value is -1.55. The molecule has 0 saturated carbocycles. The molecule has 0 amide bonds. The summed E-state index contributed by atoms with van der Waals surface area (Å²) < 4.78 is 1.20. The van der Waals surface area contributed by atoms with Gasteiger partial charge >= 0.3 is 102 Å². The van der Waals surface area contributed by atoms with Crippen LogP contribution in [0.4, 0.5) is 0 Å². The number of nitriles is 1. The molecule has 0 heterocycles. The van der Waals surface area contributed by atoms with E-state index in [0.29, 0.717) is 15.0 Å². The second-order valence-corrected chi connectivity index (χ2v) is 5.52. The monoisotopic (exact) mass is 273 g/mol. The molecule has 0 N–H and O–H groups in total. The first-order valence-corrected chi connectivity index (χ1v) is 7.13. The molecule has 0 spiro atoms. The molecule has 0 bridgehead atoms. The molecule has 78 valence electrons. The number of rotatable bonds is 3. The molecule has 16 heavy (non-hydrogen) atoms. The minimum atomic E-state index is 0.341. The molecule has 0 atom stereocenters. The van der Waals surface area contributed by atoms with Gasteiger partial charge in [-0.2, -0.15) is 0 Å². The van der Waals surface area contributed by atoms with Gasteiger partial charge in [0.1, 0.15) is 0 Å². The summed E-state index contributed by atoms with van der Waals surface area (Å²) in [4.78, 5) is 0. The van der Waals surface area contributed by atoms with Crippen molar-refractivity contribution in [3.63, 3.8) is 0 Å². The summed E-state index contributed by atoms with van der Waals surface area (Å²) in [6, 6.07) is 20.5. The van der Waals surface area contributed by atoms with E-state index in [0.717, 1.165) is 10.9 Å². The zero-order chi connectivity index (χ0) is 11.2. The van der Waals surface area contributed by atoms with E-state index in [2.05, 4.69) is 36.4 Å². The molecule has 2 aromatic carbocycles. The van der Waals surface area contributed by atoms with Crippen LogP contribution in [0.1, 0.15) is 11.1 Å². The molecule has 1 nitrogen and oxygen atoms in total. The van der Waals surface area contributed by atoms with Crippen molar-refractivity contribution in [1.82, 2.24) is 0 Å². The van der Waals surface area contributed by atoms with Gasteiger partial charge in [0.15, 0.2) is 0 Å². The Morgan fingerprint density at radius 3 is 2.38 bits per heavy atom. The van der Waals surface area contributed by atoms with Crippen molar-refractivity contribution in [3.8, 4) is 6.07 Å². The Bertz CT molecular complexity index is 500. The molecular formula is C14H11NSe. The molecule has 2 rings (SSSR count). The van der Waals surface area contributed by atoms with Crippen LogP contribution < -0.4 is 4.46 Å². The zero-order valence-corrected chi connectivity index (χ0v) is 10.5. The molecule has 0 aromatic heterocycles. The van der Waals surface area contributed by atoms with E-state index in [9.17, 15) is 0 Å². The van der Waals surface area contributed by atoms with Crippen LogP contribution >= 0.6 is 0 Å². The van der Waals surface area contributed by atoms with Crippen molar-refractivity contribution in [2.24, 2.45) is 0 Å². The molecule has 0 fully saturated rings. The van der Waals surface area contributed by atoms with Crippen molar-refractivity contribution in [3.05, 3.63) is 65.7 Å². The second-order valence-electron chi connectivity index (χ2n) is 3.38. The van der Waals surface area contributed by atoms with Gasteiger partial charge in [-0.05, 0) is 0 Å². The molecule has 0 saturated heterocycles. The Morgan fingerprint density at radius 2 is 1.62 bits per heavy atom. The third kappa shape index (κ3) is 2.73. The average molecular weight is 272 g/mol. The molecule has 0 unspecified atom stereocenters. The maximum atomic E-state index is 8.98. The van der Waals surface area contributed by atoms with Crippen LogP contribution in [0.5, 0.6) is 0 Å². The summed E-state index contributed by atoms with van der Waals surface area (Å²) in [5.74, 6) is 0. The van der Waals surface area contributed by atoms with Gasteiger partial charge in [0.25, 0.3) is 0 Å². The van der Waals surface area contributed by atoms with Gasteiger partial charge in [0.05, 0.1) is 0 Å². The first-order chi connectivity index (χ1) is 7.90. The van der Waals surface area contributed by atoms with E-state index >= 15 is 0 Å². The van der Waals surface area contributed by atoms with Crippen LogP contribution in [0, 0.1) is 11.3 Å². The van der Waals surface area contributed by atoms with E-state index in [1.165, 1.54) is 10.0 Å². The summed E-state index contributed by atoms with van der Waals surface area (Å²) in [6.07, 6.45) is 0. The SMILES string of the molecule is N#Cc1ccccc1[Se]Cc1ccccc1. The molecular weight excluding hydrogens is 261 g/mol. The quantitative estimate of drug-likeness (QED) is 0.785. The topological polar surface area (TPSA) is 23.8 Å². The van der Waals surface area contributed by atoms with Gasteiger partial charge in [0.2, 0.25) is 0 Å². The Labute approximate surface area is 102 Å². The Morgan fingerprint density at radius 1 is 0.938 bits per heavy atom. The van der Waals surface area contributed by atoms with E-state index in [1.807, 2.05) is 24.3 Å². The number of benzene rings is 2. The van der Waals surface area contributed by atoms with Crippen LogP contribution in [0.3, 0.4) is 0 Å². The maximum absolute atomic E-state index is 8.98. The first-order valence-electron chi connectivity index (χ1n) is 5.06. The van der Waals surface area contributed by atoms with Gasteiger partial charge in [0, 0.05) is 0 Å².